The van der Waals surface area contributed by atoms with Crippen molar-refractivity contribution in [3.63, 3.8) is 0 Å². The van der Waals surface area contributed by atoms with Crippen molar-refractivity contribution in [3.05, 3.63) is 65.2 Å². The Hall–Kier alpha value is -2.09. The van der Waals surface area contributed by atoms with E-state index in [0.717, 1.165) is 11.3 Å². The summed E-state index contributed by atoms with van der Waals surface area (Å²) in [5.41, 5.74) is 2.54. The summed E-state index contributed by atoms with van der Waals surface area (Å²) in [7, 11) is 0. The predicted octanol–water partition coefficient (Wildman–Crippen LogP) is 4.01. The number of ether oxygens (including phenoxy) is 1. The van der Waals surface area contributed by atoms with Gasteiger partial charge in [0.2, 0.25) is 0 Å². The molecule has 2 heteroatoms. The molecule has 0 heterocycles. The van der Waals surface area contributed by atoms with Crippen molar-refractivity contribution in [1.29, 1.82) is 0 Å². The van der Waals surface area contributed by atoms with Crippen LogP contribution < -0.4 is 4.74 Å². The number of hydrogen-bond acceptors (Lipinski definition) is 2. The Balaban J connectivity index is 2.17. The third-order valence-corrected chi connectivity index (χ3v) is 2.80. The molecule has 98 valence electrons. The van der Waals surface area contributed by atoms with Crippen LogP contribution in [0.1, 0.15) is 35.3 Å². The van der Waals surface area contributed by atoms with Crippen LogP contribution in [-0.2, 0) is 0 Å². The molecule has 0 aliphatic heterocycles. The molecule has 0 unspecified atom stereocenters. The van der Waals surface area contributed by atoms with Crippen molar-refractivity contribution >= 4 is 5.78 Å². The Bertz CT molecular complexity index is 551. The summed E-state index contributed by atoms with van der Waals surface area (Å²) in [6.07, 6.45) is 0.138. The van der Waals surface area contributed by atoms with Gasteiger partial charge in [-0.1, -0.05) is 29.8 Å². The fraction of sp³-hybridized carbons (Fsp3) is 0.235. The smallest absolute Gasteiger partial charge is 0.193 e. The molecule has 2 rings (SSSR count). The van der Waals surface area contributed by atoms with Crippen molar-refractivity contribution in [2.45, 2.75) is 26.9 Å². The molecule has 0 aromatic heterocycles. The summed E-state index contributed by atoms with van der Waals surface area (Å²) in [4.78, 5) is 12.3. The van der Waals surface area contributed by atoms with Gasteiger partial charge in [-0.25, -0.2) is 0 Å². The second-order valence-corrected chi connectivity index (χ2v) is 4.89. The second kappa shape index (κ2) is 5.70. The summed E-state index contributed by atoms with van der Waals surface area (Å²) in [6, 6.07) is 14.9. The standard InChI is InChI=1S/C17H18O2/c1-12(2)19-16-10-8-15(9-11-16)17(18)14-6-4-13(3)5-7-14/h4-12H,1-3H3. The van der Waals surface area contributed by atoms with Crippen molar-refractivity contribution in [1.82, 2.24) is 0 Å². The second-order valence-electron chi connectivity index (χ2n) is 4.89. The molecular formula is C17H18O2. The molecule has 0 bridgehead atoms. The van der Waals surface area contributed by atoms with Crippen molar-refractivity contribution in [3.8, 4) is 5.75 Å². The highest BCUT2D eigenvalue weighted by atomic mass is 16.5. The van der Waals surface area contributed by atoms with Gasteiger partial charge >= 0.3 is 0 Å². The van der Waals surface area contributed by atoms with Crippen LogP contribution in [0.25, 0.3) is 0 Å². The van der Waals surface area contributed by atoms with Gasteiger partial charge in [-0.05, 0) is 45.0 Å². The van der Waals surface area contributed by atoms with E-state index < -0.39 is 0 Å². The fourth-order valence-corrected chi connectivity index (χ4v) is 1.83. The van der Waals surface area contributed by atoms with E-state index in [2.05, 4.69) is 0 Å². The zero-order valence-corrected chi connectivity index (χ0v) is 11.5. The summed E-state index contributed by atoms with van der Waals surface area (Å²) >= 11 is 0. The Morgan fingerprint density at radius 3 is 1.84 bits per heavy atom. The minimum Gasteiger partial charge on any atom is -0.491 e. The topological polar surface area (TPSA) is 26.3 Å². The minimum absolute atomic E-state index is 0.0381. The summed E-state index contributed by atoms with van der Waals surface area (Å²) in [5, 5.41) is 0. The Morgan fingerprint density at radius 1 is 0.895 bits per heavy atom. The molecule has 19 heavy (non-hydrogen) atoms. The Morgan fingerprint density at radius 2 is 1.37 bits per heavy atom. The molecule has 2 aromatic rings. The minimum atomic E-state index is 0.0381. The zero-order chi connectivity index (χ0) is 13.8. The van der Waals surface area contributed by atoms with E-state index in [0.29, 0.717) is 11.1 Å². The lowest BCUT2D eigenvalue weighted by Gasteiger charge is -2.09. The first-order chi connectivity index (χ1) is 9.06. The van der Waals surface area contributed by atoms with Gasteiger partial charge in [-0.3, -0.25) is 4.79 Å². The molecule has 2 nitrogen and oxygen atoms in total. The maximum Gasteiger partial charge on any atom is 0.193 e. The van der Waals surface area contributed by atoms with Gasteiger partial charge in [0, 0.05) is 11.1 Å². The van der Waals surface area contributed by atoms with Gasteiger partial charge in [0.05, 0.1) is 6.10 Å². The van der Waals surface area contributed by atoms with E-state index in [4.69, 9.17) is 4.74 Å². The monoisotopic (exact) mass is 254 g/mol. The van der Waals surface area contributed by atoms with Crippen LogP contribution in [0.3, 0.4) is 0 Å². The fourth-order valence-electron chi connectivity index (χ4n) is 1.83. The first-order valence-corrected chi connectivity index (χ1v) is 6.44. The Labute approximate surface area is 114 Å². The molecule has 0 spiro atoms. The van der Waals surface area contributed by atoms with Crippen molar-refractivity contribution in [2.75, 3.05) is 0 Å². The molecule has 0 radical (unpaired) electrons. The van der Waals surface area contributed by atoms with Gasteiger partial charge in [0.15, 0.2) is 5.78 Å². The van der Waals surface area contributed by atoms with Crippen LogP contribution in [0.2, 0.25) is 0 Å². The Kier molecular flexibility index (Phi) is 4.00. The number of ketones is 1. The van der Waals surface area contributed by atoms with Crippen LogP contribution in [0.5, 0.6) is 5.75 Å². The maximum absolute atomic E-state index is 12.3. The third kappa shape index (κ3) is 3.44. The van der Waals surface area contributed by atoms with E-state index in [1.807, 2.05) is 57.2 Å². The molecule has 0 atom stereocenters. The van der Waals surface area contributed by atoms with Crippen LogP contribution in [0.4, 0.5) is 0 Å². The van der Waals surface area contributed by atoms with E-state index in [1.54, 1.807) is 12.1 Å². The van der Waals surface area contributed by atoms with E-state index in [1.165, 1.54) is 0 Å². The van der Waals surface area contributed by atoms with Crippen molar-refractivity contribution < 1.29 is 9.53 Å². The molecule has 0 saturated heterocycles. The molecule has 0 amide bonds. The molecule has 0 N–H and O–H groups in total. The van der Waals surface area contributed by atoms with Crippen LogP contribution in [0.15, 0.2) is 48.5 Å². The third-order valence-electron chi connectivity index (χ3n) is 2.80. The molecule has 0 aliphatic carbocycles. The van der Waals surface area contributed by atoms with Gasteiger partial charge < -0.3 is 4.74 Å². The summed E-state index contributed by atoms with van der Waals surface area (Å²) in [5.74, 6) is 0.826. The maximum atomic E-state index is 12.3. The van der Waals surface area contributed by atoms with E-state index in [9.17, 15) is 4.79 Å². The lowest BCUT2D eigenvalue weighted by molar-refractivity contribution is 0.103. The summed E-state index contributed by atoms with van der Waals surface area (Å²) < 4.78 is 5.56. The SMILES string of the molecule is Cc1ccc(C(=O)c2ccc(OC(C)C)cc2)cc1. The number of aryl methyl sites for hydroxylation is 1. The zero-order valence-electron chi connectivity index (χ0n) is 11.5. The van der Waals surface area contributed by atoms with Crippen LogP contribution >= 0.6 is 0 Å². The number of rotatable bonds is 4. The van der Waals surface area contributed by atoms with Gasteiger partial charge in [-0.15, -0.1) is 0 Å². The number of carbonyl (C=O) groups is 1. The number of benzene rings is 2. The average Bonchev–Trinajstić information content (AvgIpc) is 2.39. The average molecular weight is 254 g/mol. The number of carbonyl (C=O) groups excluding carboxylic acids is 1. The van der Waals surface area contributed by atoms with E-state index >= 15 is 0 Å². The summed E-state index contributed by atoms with van der Waals surface area (Å²) in [6.45, 7) is 5.96. The quantitative estimate of drug-likeness (QED) is 0.770. The van der Waals surface area contributed by atoms with Gasteiger partial charge in [0.1, 0.15) is 5.75 Å². The normalized spacial score (nSPS) is 10.5. The van der Waals surface area contributed by atoms with Crippen LogP contribution in [-0.4, -0.2) is 11.9 Å². The molecule has 0 aliphatic rings. The highest BCUT2D eigenvalue weighted by molar-refractivity contribution is 6.09. The van der Waals surface area contributed by atoms with Crippen LogP contribution in [0, 0.1) is 6.92 Å². The molecule has 0 fully saturated rings. The molecule has 2 aromatic carbocycles. The van der Waals surface area contributed by atoms with Gasteiger partial charge in [0.25, 0.3) is 0 Å². The number of hydrogen-bond donors (Lipinski definition) is 0. The first-order valence-electron chi connectivity index (χ1n) is 6.44. The molecular weight excluding hydrogens is 236 g/mol. The molecule has 0 saturated carbocycles. The van der Waals surface area contributed by atoms with Gasteiger partial charge in [-0.2, -0.15) is 0 Å². The predicted molar refractivity (Wildman–Crippen MR) is 76.8 cm³/mol. The van der Waals surface area contributed by atoms with Crippen molar-refractivity contribution in [2.24, 2.45) is 0 Å². The lowest BCUT2D eigenvalue weighted by atomic mass is 10.0. The highest BCUT2D eigenvalue weighted by Gasteiger charge is 2.08. The highest BCUT2D eigenvalue weighted by Crippen LogP contribution is 2.16. The first kappa shape index (κ1) is 13.3. The largest absolute Gasteiger partial charge is 0.491 e. The van der Waals surface area contributed by atoms with E-state index in [-0.39, 0.29) is 11.9 Å². The lowest BCUT2D eigenvalue weighted by Crippen LogP contribution is -2.06.